The summed E-state index contributed by atoms with van der Waals surface area (Å²) in [5, 5.41) is 6.55. The molecule has 2 heterocycles. The Bertz CT molecular complexity index is 1420. The van der Waals surface area contributed by atoms with Gasteiger partial charge in [0, 0.05) is 28.9 Å². The molecule has 0 fully saturated rings. The summed E-state index contributed by atoms with van der Waals surface area (Å²) < 4.78 is 37.8. The first-order chi connectivity index (χ1) is 17.0. The number of anilines is 3. The number of para-hydroxylation sites is 1. The van der Waals surface area contributed by atoms with Gasteiger partial charge in [-0.25, -0.2) is 18.7 Å². The Balaban J connectivity index is 1.39. The first-order valence-corrected chi connectivity index (χ1v) is 11.7. The van der Waals surface area contributed by atoms with Gasteiger partial charge < -0.3 is 20.1 Å². The van der Waals surface area contributed by atoms with Gasteiger partial charge in [-0.3, -0.25) is 4.79 Å². The monoisotopic (exact) mass is 494 g/mol. The average molecular weight is 495 g/mol. The van der Waals surface area contributed by atoms with Crippen LogP contribution in [0.25, 0.3) is 10.9 Å². The Morgan fingerprint density at radius 3 is 2.63 bits per heavy atom. The molecule has 10 heteroatoms. The predicted molar refractivity (Wildman–Crippen MR) is 130 cm³/mol. The van der Waals surface area contributed by atoms with Crippen molar-refractivity contribution in [1.82, 2.24) is 9.97 Å². The van der Waals surface area contributed by atoms with Gasteiger partial charge in [-0.1, -0.05) is 30.8 Å². The number of benzene rings is 3. The van der Waals surface area contributed by atoms with Crippen molar-refractivity contribution in [2.45, 2.75) is 23.8 Å². The summed E-state index contributed by atoms with van der Waals surface area (Å²) in [4.78, 5) is 22.2. The molecule has 3 aromatic carbocycles. The van der Waals surface area contributed by atoms with Crippen LogP contribution in [0.3, 0.4) is 0 Å². The Hall–Kier alpha value is -3.92. The predicted octanol–water partition coefficient (Wildman–Crippen LogP) is 5.89. The van der Waals surface area contributed by atoms with Gasteiger partial charge in [0.05, 0.1) is 10.8 Å². The Morgan fingerprint density at radius 2 is 1.80 bits per heavy atom. The normalized spacial score (nSPS) is 13.0. The average Bonchev–Trinajstić information content (AvgIpc) is 3.33. The number of carbonyl (C=O) groups excluding carboxylic acids is 1. The van der Waals surface area contributed by atoms with E-state index in [1.165, 1.54) is 17.8 Å². The largest absolute Gasteiger partial charge is 0.454 e. The first kappa shape index (κ1) is 22.9. The molecule has 0 radical (unpaired) electrons. The van der Waals surface area contributed by atoms with E-state index in [2.05, 4.69) is 20.6 Å². The van der Waals surface area contributed by atoms with E-state index in [1.807, 2.05) is 31.2 Å². The van der Waals surface area contributed by atoms with E-state index in [4.69, 9.17) is 9.47 Å². The maximum Gasteiger partial charge on any atom is 0.237 e. The zero-order chi connectivity index (χ0) is 24.4. The summed E-state index contributed by atoms with van der Waals surface area (Å²) in [6.45, 7) is 2.05. The number of carbonyl (C=O) groups is 1. The van der Waals surface area contributed by atoms with Crippen molar-refractivity contribution in [2.75, 3.05) is 17.4 Å². The number of rotatable bonds is 7. The number of nitrogens with one attached hydrogen (secondary N) is 2. The van der Waals surface area contributed by atoms with Crippen LogP contribution in [0, 0.1) is 11.6 Å². The van der Waals surface area contributed by atoms with Crippen LogP contribution in [0.2, 0.25) is 0 Å². The number of fused-ring (bicyclic) bond motifs is 2. The highest BCUT2D eigenvalue weighted by Crippen LogP contribution is 2.35. The number of halogens is 2. The van der Waals surface area contributed by atoms with Crippen LogP contribution in [0.15, 0.2) is 65.8 Å². The summed E-state index contributed by atoms with van der Waals surface area (Å²) >= 11 is 1.22. The number of aromatic nitrogens is 2. The Morgan fingerprint density at radius 1 is 1.00 bits per heavy atom. The van der Waals surface area contributed by atoms with Crippen LogP contribution >= 0.6 is 11.8 Å². The first-order valence-electron chi connectivity index (χ1n) is 10.9. The second-order valence-corrected chi connectivity index (χ2v) is 8.87. The van der Waals surface area contributed by atoms with Gasteiger partial charge in [-0.05, 0) is 42.8 Å². The third-order valence-corrected chi connectivity index (χ3v) is 6.54. The summed E-state index contributed by atoms with van der Waals surface area (Å²) in [6, 6.07) is 16.1. The van der Waals surface area contributed by atoms with Crippen LogP contribution in [0.1, 0.15) is 13.3 Å². The fourth-order valence-electron chi connectivity index (χ4n) is 3.56. The molecular weight excluding hydrogens is 474 g/mol. The summed E-state index contributed by atoms with van der Waals surface area (Å²) in [6.07, 6.45) is 0.531. The summed E-state index contributed by atoms with van der Waals surface area (Å²) in [5.41, 5.74) is 1.59. The highest BCUT2D eigenvalue weighted by atomic mass is 32.2. The lowest BCUT2D eigenvalue weighted by atomic mass is 10.2. The molecule has 0 saturated carbocycles. The molecule has 2 N–H and O–H groups in total. The fourth-order valence-corrected chi connectivity index (χ4v) is 4.44. The van der Waals surface area contributed by atoms with Crippen molar-refractivity contribution < 1.29 is 23.0 Å². The smallest absolute Gasteiger partial charge is 0.237 e. The Labute approximate surface area is 203 Å². The molecule has 0 unspecified atom stereocenters. The molecule has 178 valence electrons. The third kappa shape index (κ3) is 4.97. The molecule has 0 saturated heterocycles. The van der Waals surface area contributed by atoms with E-state index in [-0.39, 0.29) is 12.7 Å². The minimum absolute atomic E-state index is 0.153. The van der Waals surface area contributed by atoms with Crippen molar-refractivity contribution in [1.29, 1.82) is 0 Å². The third-order valence-electron chi connectivity index (χ3n) is 5.32. The van der Waals surface area contributed by atoms with E-state index < -0.39 is 16.9 Å². The second-order valence-electron chi connectivity index (χ2n) is 7.70. The lowest BCUT2D eigenvalue weighted by Crippen LogP contribution is -2.24. The molecule has 7 nitrogen and oxygen atoms in total. The number of ether oxygens (including phenoxy) is 2. The number of amides is 1. The molecule has 1 aliphatic heterocycles. The molecule has 1 aliphatic rings. The van der Waals surface area contributed by atoms with Gasteiger partial charge in [0.15, 0.2) is 28.3 Å². The molecule has 35 heavy (non-hydrogen) atoms. The zero-order valence-electron chi connectivity index (χ0n) is 18.5. The van der Waals surface area contributed by atoms with E-state index in [0.29, 0.717) is 51.2 Å². The van der Waals surface area contributed by atoms with Crippen LogP contribution in [-0.2, 0) is 4.79 Å². The minimum atomic E-state index is -0.964. The van der Waals surface area contributed by atoms with Crippen molar-refractivity contribution in [2.24, 2.45) is 0 Å². The molecular formula is C25H20F2N4O3S. The number of hydrogen-bond donors (Lipinski definition) is 2. The Kier molecular flexibility index (Phi) is 6.37. The van der Waals surface area contributed by atoms with Gasteiger partial charge in [-0.2, -0.15) is 0 Å². The van der Waals surface area contributed by atoms with Crippen molar-refractivity contribution in [3.63, 3.8) is 0 Å². The molecule has 1 atom stereocenters. The molecule has 1 aromatic heterocycles. The topological polar surface area (TPSA) is 85.4 Å². The number of hydrogen-bond acceptors (Lipinski definition) is 7. The molecule has 4 aromatic rings. The highest BCUT2D eigenvalue weighted by molar-refractivity contribution is 8.00. The molecule has 0 spiro atoms. The van der Waals surface area contributed by atoms with Gasteiger partial charge >= 0.3 is 0 Å². The maximum absolute atomic E-state index is 13.7. The number of thioether (sulfide) groups is 1. The standard InChI is InChI=1S/C25H20F2N4O3S/c1-2-22(24(32)29-15-8-10-20-21(12-15)34-13-33-20)35-25-30-19-6-4-3-5-16(19)23(31-25)28-14-7-9-17(26)18(27)11-14/h3-12,22H,2,13H2,1H3,(H,29,32)(H,28,30,31)/t22-/m1/s1. The lowest BCUT2D eigenvalue weighted by molar-refractivity contribution is -0.115. The van der Waals surface area contributed by atoms with E-state index in [0.717, 1.165) is 12.1 Å². The summed E-state index contributed by atoms with van der Waals surface area (Å²) in [7, 11) is 0. The van der Waals surface area contributed by atoms with Crippen LogP contribution in [0.5, 0.6) is 11.5 Å². The lowest BCUT2D eigenvalue weighted by Gasteiger charge is -2.16. The van der Waals surface area contributed by atoms with Crippen LogP contribution in [-0.4, -0.2) is 27.9 Å². The molecule has 0 bridgehead atoms. The number of nitrogens with zero attached hydrogens (tertiary/aromatic N) is 2. The van der Waals surface area contributed by atoms with Gasteiger partial charge in [0.2, 0.25) is 12.7 Å². The van der Waals surface area contributed by atoms with Crippen LogP contribution < -0.4 is 20.1 Å². The van der Waals surface area contributed by atoms with E-state index in [1.54, 1.807) is 18.2 Å². The highest BCUT2D eigenvalue weighted by Gasteiger charge is 2.22. The SMILES string of the molecule is CC[C@@H](Sc1nc(Nc2ccc(F)c(F)c2)c2ccccc2n1)C(=O)Nc1ccc2c(c1)OCO2. The van der Waals surface area contributed by atoms with Crippen molar-refractivity contribution >= 4 is 45.8 Å². The molecule has 1 amide bonds. The molecule has 5 rings (SSSR count). The fraction of sp³-hybridized carbons (Fsp3) is 0.160. The van der Waals surface area contributed by atoms with Crippen molar-refractivity contribution in [3.05, 3.63) is 72.3 Å². The quantitative estimate of drug-likeness (QED) is 0.245. The van der Waals surface area contributed by atoms with Gasteiger partial charge in [0.1, 0.15) is 5.82 Å². The zero-order valence-corrected chi connectivity index (χ0v) is 19.4. The molecule has 0 aliphatic carbocycles. The minimum Gasteiger partial charge on any atom is -0.454 e. The van der Waals surface area contributed by atoms with E-state index in [9.17, 15) is 13.6 Å². The van der Waals surface area contributed by atoms with Crippen molar-refractivity contribution in [3.8, 4) is 11.5 Å². The second kappa shape index (κ2) is 9.75. The van der Waals surface area contributed by atoms with E-state index >= 15 is 0 Å². The van der Waals surface area contributed by atoms with Gasteiger partial charge in [-0.15, -0.1) is 0 Å². The van der Waals surface area contributed by atoms with Gasteiger partial charge in [0.25, 0.3) is 0 Å². The summed E-state index contributed by atoms with van der Waals surface area (Å²) in [5.74, 6) is -0.462. The maximum atomic E-state index is 13.7. The van der Waals surface area contributed by atoms with Crippen LogP contribution in [0.4, 0.5) is 26.0 Å².